The molecule has 0 aliphatic heterocycles. The maximum atomic E-state index is 4.57. The molecule has 0 radical (unpaired) electrons. The van der Waals surface area contributed by atoms with E-state index in [1.54, 1.807) is 14.2 Å². The van der Waals surface area contributed by atoms with Crippen LogP contribution in [0.2, 0.25) is 0 Å². The summed E-state index contributed by atoms with van der Waals surface area (Å²) in [6.45, 7) is 3.43. The van der Waals surface area contributed by atoms with Crippen molar-refractivity contribution < 1.29 is 9.47 Å². The summed E-state index contributed by atoms with van der Waals surface area (Å²) in [5, 5.41) is 0. The molecule has 38 valence electrons. The maximum absolute atomic E-state index is 4.57. The molecule has 0 rings (SSSR count). The molecule has 0 fully saturated rings. The van der Waals surface area contributed by atoms with Gasteiger partial charge in [-0.2, -0.15) is 0 Å². The average molecular weight is 89.1 g/mol. The van der Waals surface area contributed by atoms with Crippen LogP contribution < -0.4 is 0 Å². The molecule has 6 heavy (non-hydrogen) atoms. The molecule has 0 unspecified atom stereocenters. The molecule has 0 N–H and O–H groups in total. The summed E-state index contributed by atoms with van der Waals surface area (Å²) < 4.78 is 9.13. The summed E-state index contributed by atoms with van der Waals surface area (Å²) in [6, 6.07) is 0. The Kier molecular flexibility index (Phi) is 3.08. The number of hydrogen-bond donors (Lipinski definition) is 0. The highest BCUT2D eigenvalue weighted by molar-refractivity contribution is 4.37. The SMILES string of the molecule is [CH2-]C(OC)OC. The van der Waals surface area contributed by atoms with Crippen LogP contribution in [-0.4, -0.2) is 20.5 Å². The van der Waals surface area contributed by atoms with Gasteiger partial charge in [-0.3, -0.25) is 6.92 Å². The number of methoxy groups -OCH3 is 2. The van der Waals surface area contributed by atoms with Crippen LogP contribution in [0.3, 0.4) is 0 Å². The van der Waals surface area contributed by atoms with Crippen LogP contribution in [0.1, 0.15) is 0 Å². The van der Waals surface area contributed by atoms with Crippen molar-refractivity contribution in [2.75, 3.05) is 14.2 Å². The lowest BCUT2D eigenvalue weighted by Crippen LogP contribution is -2.05. The first-order chi connectivity index (χ1) is 2.81. The van der Waals surface area contributed by atoms with E-state index in [1.165, 1.54) is 0 Å². The summed E-state index contributed by atoms with van der Waals surface area (Å²) in [6.07, 6.45) is -0.315. The average Bonchev–Trinajstić information content (AvgIpc) is 1.65. The normalized spacial score (nSPS) is 10.0. The van der Waals surface area contributed by atoms with E-state index in [1.807, 2.05) is 0 Å². The molecular weight excluding hydrogens is 80.0 g/mol. The second kappa shape index (κ2) is 3.12. The fourth-order valence-corrected chi connectivity index (χ4v) is 0.0962. The topological polar surface area (TPSA) is 18.5 Å². The van der Waals surface area contributed by atoms with Crippen molar-refractivity contribution in [2.24, 2.45) is 0 Å². The van der Waals surface area contributed by atoms with Gasteiger partial charge >= 0.3 is 0 Å². The Labute approximate surface area is 38.1 Å². The summed E-state index contributed by atoms with van der Waals surface area (Å²) >= 11 is 0. The fraction of sp³-hybridized carbons (Fsp3) is 0.750. The molecule has 0 saturated carbocycles. The molecule has 0 aliphatic carbocycles. The molecule has 2 nitrogen and oxygen atoms in total. The zero-order valence-electron chi connectivity index (χ0n) is 4.10. The smallest absolute Gasteiger partial charge is 0.0352 e. The predicted octanol–water partition coefficient (Wildman–Crippen LogP) is 0.439. The minimum absolute atomic E-state index is 0.315. The Morgan fingerprint density at radius 1 is 1.33 bits per heavy atom. The standard InChI is InChI=1S/C4H9O2/c1-4(5-2)6-3/h4H,1H2,2-3H3/q-1. The van der Waals surface area contributed by atoms with Gasteiger partial charge in [0.25, 0.3) is 0 Å². The molecular formula is C4H9O2-. The molecule has 0 aliphatic rings. The molecule has 0 amide bonds. The van der Waals surface area contributed by atoms with E-state index < -0.39 is 0 Å². The van der Waals surface area contributed by atoms with Gasteiger partial charge in [-0.05, 0) is 0 Å². The third-order valence-electron chi connectivity index (χ3n) is 0.526. The van der Waals surface area contributed by atoms with Crippen LogP contribution in [0.5, 0.6) is 0 Å². The summed E-state index contributed by atoms with van der Waals surface area (Å²) in [5.74, 6) is 0. The van der Waals surface area contributed by atoms with E-state index >= 15 is 0 Å². The first-order valence-electron chi connectivity index (χ1n) is 1.70. The minimum Gasteiger partial charge on any atom is -0.387 e. The molecule has 2 heteroatoms. The van der Waals surface area contributed by atoms with Crippen LogP contribution in [0.4, 0.5) is 0 Å². The van der Waals surface area contributed by atoms with E-state index in [-0.39, 0.29) is 6.29 Å². The van der Waals surface area contributed by atoms with Crippen LogP contribution in [0.25, 0.3) is 0 Å². The van der Waals surface area contributed by atoms with E-state index in [9.17, 15) is 0 Å². The third kappa shape index (κ3) is 2.18. The molecule has 0 aromatic rings. The Bertz CT molecular complexity index is 24.7. The summed E-state index contributed by atoms with van der Waals surface area (Å²) in [5.41, 5.74) is 0. The molecule has 0 aromatic heterocycles. The first-order valence-corrected chi connectivity index (χ1v) is 1.70. The van der Waals surface area contributed by atoms with Crippen LogP contribution >= 0.6 is 0 Å². The Morgan fingerprint density at radius 2 is 1.67 bits per heavy atom. The molecule has 0 saturated heterocycles. The Balaban J connectivity index is 2.75. The van der Waals surface area contributed by atoms with Crippen molar-refractivity contribution in [3.8, 4) is 0 Å². The highest BCUT2D eigenvalue weighted by Gasteiger charge is 1.78. The Hall–Kier alpha value is -0.0800. The van der Waals surface area contributed by atoms with E-state index in [0.29, 0.717) is 0 Å². The monoisotopic (exact) mass is 89.1 g/mol. The van der Waals surface area contributed by atoms with Gasteiger partial charge in [0, 0.05) is 20.5 Å². The lowest BCUT2D eigenvalue weighted by molar-refractivity contribution is -0.0688. The van der Waals surface area contributed by atoms with Crippen LogP contribution in [-0.2, 0) is 9.47 Å². The zero-order chi connectivity index (χ0) is 4.99. The molecule has 0 spiro atoms. The maximum Gasteiger partial charge on any atom is 0.0352 e. The second-order valence-electron chi connectivity index (χ2n) is 0.901. The Morgan fingerprint density at radius 3 is 1.67 bits per heavy atom. The number of hydrogen-bond acceptors (Lipinski definition) is 2. The van der Waals surface area contributed by atoms with Crippen molar-refractivity contribution in [1.82, 2.24) is 0 Å². The second-order valence-corrected chi connectivity index (χ2v) is 0.901. The van der Waals surface area contributed by atoms with Crippen molar-refractivity contribution in [3.63, 3.8) is 0 Å². The van der Waals surface area contributed by atoms with Gasteiger partial charge in [-0.15, -0.1) is 0 Å². The van der Waals surface area contributed by atoms with Crippen LogP contribution in [0, 0.1) is 6.92 Å². The van der Waals surface area contributed by atoms with Crippen LogP contribution in [0.15, 0.2) is 0 Å². The molecule has 0 aromatic carbocycles. The van der Waals surface area contributed by atoms with Gasteiger partial charge in [0.05, 0.1) is 0 Å². The number of ether oxygens (including phenoxy) is 2. The summed E-state index contributed by atoms with van der Waals surface area (Å²) in [4.78, 5) is 0. The van der Waals surface area contributed by atoms with Crippen molar-refractivity contribution in [1.29, 1.82) is 0 Å². The van der Waals surface area contributed by atoms with Gasteiger partial charge in [0.2, 0.25) is 0 Å². The quantitative estimate of drug-likeness (QED) is 0.361. The first kappa shape index (κ1) is 5.92. The minimum atomic E-state index is -0.315. The molecule has 0 bridgehead atoms. The highest BCUT2D eigenvalue weighted by Crippen LogP contribution is 1.82. The molecule has 0 atom stereocenters. The lowest BCUT2D eigenvalue weighted by atomic mass is 10.8. The van der Waals surface area contributed by atoms with Gasteiger partial charge in [0.1, 0.15) is 0 Å². The van der Waals surface area contributed by atoms with Gasteiger partial charge < -0.3 is 9.47 Å². The van der Waals surface area contributed by atoms with E-state index in [0.717, 1.165) is 0 Å². The van der Waals surface area contributed by atoms with E-state index in [2.05, 4.69) is 16.4 Å². The van der Waals surface area contributed by atoms with Crippen molar-refractivity contribution in [3.05, 3.63) is 6.92 Å². The van der Waals surface area contributed by atoms with Gasteiger partial charge in [0.15, 0.2) is 0 Å². The third-order valence-corrected chi connectivity index (χ3v) is 0.526. The highest BCUT2D eigenvalue weighted by atomic mass is 16.7. The lowest BCUT2D eigenvalue weighted by Gasteiger charge is -2.11. The van der Waals surface area contributed by atoms with Crippen molar-refractivity contribution >= 4 is 0 Å². The predicted molar refractivity (Wildman–Crippen MR) is 23.2 cm³/mol. The largest absolute Gasteiger partial charge is 0.387 e. The number of rotatable bonds is 2. The summed E-state index contributed by atoms with van der Waals surface area (Å²) in [7, 11) is 3.09. The zero-order valence-corrected chi connectivity index (χ0v) is 4.10. The van der Waals surface area contributed by atoms with Gasteiger partial charge in [-0.1, -0.05) is 0 Å². The molecule has 0 heterocycles. The van der Waals surface area contributed by atoms with E-state index in [4.69, 9.17) is 0 Å². The van der Waals surface area contributed by atoms with Crippen molar-refractivity contribution in [2.45, 2.75) is 6.29 Å². The fourth-order valence-electron chi connectivity index (χ4n) is 0.0962. The van der Waals surface area contributed by atoms with Gasteiger partial charge in [-0.25, -0.2) is 0 Å².